The first-order valence-electron chi connectivity index (χ1n) is 6.71. The molecule has 5 heteroatoms. The number of carbonyl (C=O) groups is 1. The summed E-state index contributed by atoms with van der Waals surface area (Å²) in [5.41, 5.74) is 0.946. The van der Waals surface area contributed by atoms with Gasteiger partial charge in [0.25, 0.3) is 5.91 Å². The van der Waals surface area contributed by atoms with Crippen LogP contribution in [0.15, 0.2) is 24.3 Å². The zero-order valence-electron chi connectivity index (χ0n) is 11.6. The average molecular weight is 278 g/mol. The number of carbonyl (C=O) groups excluding carboxylic acids is 1. The van der Waals surface area contributed by atoms with Gasteiger partial charge >= 0.3 is 0 Å². The predicted molar refractivity (Wildman–Crippen MR) is 76.1 cm³/mol. The predicted octanol–water partition coefficient (Wildman–Crippen LogP) is 2.44. The summed E-state index contributed by atoms with van der Waals surface area (Å²) in [7, 11) is 0. The maximum atomic E-state index is 13.5. The summed E-state index contributed by atoms with van der Waals surface area (Å²) in [5.74, 6) is -0.432. The Morgan fingerprint density at radius 2 is 2.20 bits per heavy atom. The highest BCUT2D eigenvalue weighted by atomic mass is 19.1. The largest absolute Gasteiger partial charge is 0.393 e. The second kappa shape index (κ2) is 6.05. The standard InChI is InChI=1S/C15H19FN2O2/c1-9(6-10(2)19)8-17-15(20)14-7-11-12(16)4-3-5-13(11)18-14/h3-5,7,9-10,18-19H,6,8H2,1-2H3,(H,17,20). The van der Waals surface area contributed by atoms with E-state index in [-0.39, 0.29) is 23.7 Å². The molecule has 3 N–H and O–H groups in total. The fraction of sp³-hybridized carbons (Fsp3) is 0.400. The first-order chi connectivity index (χ1) is 9.47. The number of benzene rings is 1. The Bertz CT molecular complexity index is 607. The van der Waals surface area contributed by atoms with Crippen LogP contribution in [0.25, 0.3) is 10.9 Å². The van der Waals surface area contributed by atoms with Crippen molar-refractivity contribution in [3.05, 3.63) is 35.8 Å². The number of aromatic nitrogens is 1. The minimum absolute atomic E-state index is 0.181. The van der Waals surface area contributed by atoms with Crippen LogP contribution in [0.3, 0.4) is 0 Å². The lowest BCUT2D eigenvalue weighted by atomic mass is 10.0. The number of rotatable bonds is 5. The van der Waals surface area contributed by atoms with E-state index in [4.69, 9.17) is 0 Å². The lowest BCUT2D eigenvalue weighted by Gasteiger charge is -2.13. The number of H-pyrrole nitrogens is 1. The summed E-state index contributed by atoms with van der Waals surface area (Å²) in [6.07, 6.45) is 0.241. The summed E-state index contributed by atoms with van der Waals surface area (Å²) in [5, 5.41) is 12.5. The number of halogens is 1. The third kappa shape index (κ3) is 3.36. The van der Waals surface area contributed by atoms with Gasteiger partial charge in [0, 0.05) is 17.4 Å². The molecule has 0 bridgehead atoms. The molecule has 0 fully saturated rings. The second-order valence-corrected chi connectivity index (χ2v) is 5.28. The first kappa shape index (κ1) is 14.5. The molecule has 1 aromatic heterocycles. The molecule has 2 aromatic rings. The average Bonchev–Trinajstić information content (AvgIpc) is 2.80. The van der Waals surface area contributed by atoms with Gasteiger partial charge in [-0.25, -0.2) is 4.39 Å². The minimum atomic E-state index is -0.385. The molecule has 0 spiro atoms. The molecule has 20 heavy (non-hydrogen) atoms. The Morgan fingerprint density at radius 3 is 2.85 bits per heavy atom. The summed E-state index contributed by atoms with van der Waals surface area (Å²) < 4.78 is 13.5. The molecule has 1 heterocycles. The van der Waals surface area contributed by atoms with Crippen molar-refractivity contribution < 1.29 is 14.3 Å². The first-order valence-corrected chi connectivity index (χ1v) is 6.71. The number of aliphatic hydroxyl groups excluding tert-OH is 1. The van der Waals surface area contributed by atoms with Gasteiger partial charge in [0.1, 0.15) is 11.5 Å². The van der Waals surface area contributed by atoms with Crippen molar-refractivity contribution in [2.24, 2.45) is 5.92 Å². The van der Waals surface area contributed by atoms with E-state index in [1.54, 1.807) is 19.1 Å². The summed E-state index contributed by atoms with van der Waals surface area (Å²) in [6, 6.07) is 6.20. The van der Waals surface area contributed by atoms with Crippen molar-refractivity contribution in [2.45, 2.75) is 26.4 Å². The molecule has 0 saturated heterocycles. The monoisotopic (exact) mass is 278 g/mol. The van der Waals surface area contributed by atoms with Gasteiger partial charge in [-0.1, -0.05) is 13.0 Å². The van der Waals surface area contributed by atoms with Gasteiger partial charge in [0.15, 0.2) is 0 Å². The molecule has 0 aliphatic rings. The summed E-state index contributed by atoms with van der Waals surface area (Å²) >= 11 is 0. The van der Waals surface area contributed by atoms with Crippen LogP contribution in [0, 0.1) is 11.7 Å². The van der Waals surface area contributed by atoms with Crippen LogP contribution in [-0.2, 0) is 0 Å². The van der Waals surface area contributed by atoms with Crippen LogP contribution in [-0.4, -0.2) is 28.6 Å². The van der Waals surface area contributed by atoms with Gasteiger partial charge < -0.3 is 15.4 Å². The number of hydrogen-bond donors (Lipinski definition) is 3. The van der Waals surface area contributed by atoms with E-state index in [1.165, 1.54) is 12.1 Å². The lowest BCUT2D eigenvalue weighted by molar-refractivity contribution is 0.0935. The number of fused-ring (bicyclic) bond motifs is 1. The molecule has 1 aromatic carbocycles. The molecule has 108 valence electrons. The van der Waals surface area contributed by atoms with Crippen molar-refractivity contribution in [1.82, 2.24) is 10.3 Å². The fourth-order valence-electron chi connectivity index (χ4n) is 2.27. The van der Waals surface area contributed by atoms with Crippen LogP contribution in [0.1, 0.15) is 30.8 Å². The maximum absolute atomic E-state index is 13.5. The zero-order chi connectivity index (χ0) is 14.7. The third-order valence-electron chi connectivity index (χ3n) is 3.21. The lowest BCUT2D eigenvalue weighted by Crippen LogP contribution is -2.29. The fourth-order valence-corrected chi connectivity index (χ4v) is 2.27. The van der Waals surface area contributed by atoms with Crippen molar-refractivity contribution in [3.63, 3.8) is 0 Å². The smallest absolute Gasteiger partial charge is 0.267 e. The Morgan fingerprint density at radius 1 is 1.45 bits per heavy atom. The highest BCUT2D eigenvalue weighted by Gasteiger charge is 2.13. The zero-order valence-corrected chi connectivity index (χ0v) is 11.6. The van der Waals surface area contributed by atoms with Crippen molar-refractivity contribution >= 4 is 16.8 Å². The molecule has 2 atom stereocenters. The van der Waals surface area contributed by atoms with Gasteiger partial charge in [-0.15, -0.1) is 0 Å². The van der Waals surface area contributed by atoms with Crippen LogP contribution in [0.2, 0.25) is 0 Å². The molecule has 2 rings (SSSR count). The number of hydrogen-bond acceptors (Lipinski definition) is 2. The Balaban J connectivity index is 2.03. The van der Waals surface area contributed by atoms with Crippen molar-refractivity contribution in [3.8, 4) is 0 Å². The van der Waals surface area contributed by atoms with Gasteiger partial charge in [-0.3, -0.25) is 4.79 Å². The highest BCUT2D eigenvalue weighted by Crippen LogP contribution is 2.18. The number of aliphatic hydroxyl groups is 1. The minimum Gasteiger partial charge on any atom is -0.393 e. The van der Waals surface area contributed by atoms with Crippen LogP contribution in [0.4, 0.5) is 4.39 Å². The molecular formula is C15H19FN2O2. The molecule has 0 radical (unpaired) electrons. The quantitative estimate of drug-likeness (QED) is 0.786. The van der Waals surface area contributed by atoms with Crippen LogP contribution >= 0.6 is 0 Å². The second-order valence-electron chi connectivity index (χ2n) is 5.28. The molecule has 0 aliphatic heterocycles. The Hall–Kier alpha value is -1.88. The topological polar surface area (TPSA) is 65.1 Å². The third-order valence-corrected chi connectivity index (χ3v) is 3.21. The summed E-state index contributed by atoms with van der Waals surface area (Å²) in [4.78, 5) is 14.9. The maximum Gasteiger partial charge on any atom is 0.267 e. The van der Waals surface area contributed by atoms with E-state index in [1.807, 2.05) is 6.92 Å². The molecule has 4 nitrogen and oxygen atoms in total. The van der Waals surface area contributed by atoms with Crippen molar-refractivity contribution in [1.29, 1.82) is 0 Å². The van der Waals surface area contributed by atoms with E-state index in [9.17, 15) is 14.3 Å². The molecule has 0 aliphatic carbocycles. The van der Waals surface area contributed by atoms with E-state index in [0.717, 1.165) is 0 Å². The SMILES string of the molecule is CC(O)CC(C)CNC(=O)c1cc2c(F)cccc2[nH]1. The molecular weight excluding hydrogens is 259 g/mol. The van der Waals surface area contributed by atoms with Gasteiger partial charge in [0.05, 0.1) is 6.10 Å². The Labute approximate surface area is 117 Å². The van der Waals surface area contributed by atoms with Crippen LogP contribution in [0.5, 0.6) is 0 Å². The molecule has 2 unspecified atom stereocenters. The van der Waals surface area contributed by atoms with Gasteiger partial charge in [-0.2, -0.15) is 0 Å². The van der Waals surface area contributed by atoms with E-state index < -0.39 is 0 Å². The van der Waals surface area contributed by atoms with Gasteiger partial charge in [-0.05, 0) is 37.5 Å². The van der Waals surface area contributed by atoms with E-state index >= 15 is 0 Å². The number of nitrogens with one attached hydrogen (secondary N) is 2. The van der Waals surface area contributed by atoms with E-state index in [2.05, 4.69) is 10.3 Å². The Kier molecular flexibility index (Phi) is 4.39. The normalized spacial score (nSPS) is 14.2. The number of aromatic amines is 1. The van der Waals surface area contributed by atoms with E-state index in [0.29, 0.717) is 29.6 Å². The molecule has 0 saturated carbocycles. The number of amides is 1. The van der Waals surface area contributed by atoms with Crippen molar-refractivity contribution in [2.75, 3.05) is 6.54 Å². The summed E-state index contributed by atoms with van der Waals surface area (Å²) in [6.45, 7) is 4.15. The molecule has 1 amide bonds. The van der Waals surface area contributed by atoms with Gasteiger partial charge in [0.2, 0.25) is 0 Å². The highest BCUT2D eigenvalue weighted by molar-refractivity contribution is 5.98. The van der Waals surface area contributed by atoms with Crippen LogP contribution < -0.4 is 5.32 Å².